The van der Waals surface area contributed by atoms with Gasteiger partial charge in [0.05, 0.1) is 0 Å². The van der Waals surface area contributed by atoms with Gasteiger partial charge in [-0.05, 0) is 202 Å². The first-order valence-corrected chi connectivity index (χ1v) is 30.8. The minimum atomic E-state index is -0.0566. The number of para-hydroxylation sites is 3. The summed E-state index contributed by atoms with van der Waals surface area (Å²) >= 11 is 0. The van der Waals surface area contributed by atoms with Crippen LogP contribution in [0.25, 0.3) is 55.3 Å². The molecular weight excluding hydrogens is 1060 g/mol. The van der Waals surface area contributed by atoms with Crippen molar-refractivity contribution in [1.82, 2.24) is 0 Å². The maximum atomic E-state index is 6.32. The normalized spacial score (nSPS) is 15.9. The Hall–Kier alpha value is -10.4. The molecule has 0 spiro atoms. The summed E-state index contributed by atoms with van der Waals surface area (Å²) in [4.78, 5) is 9.94. The largest absolute Gasteiger partial charge is 0.456 e. The van der Waals surface area contributed by atoms with E-state index in [1.807, 2.05) is 12.1 Å². The van der Waals surface area contributed by atoms with Crippen molar-refractivity contribution in [2.24, 2.45) is 0 Å². The molecular formula is C82H64N4O. The zero-order valence-electron chi connectivity index (χ0n) is 49.2. The molecule has 13 aromatic rings. The molecule has 5 heteroatoms. The summed E-state index contributed by atoms with van der Waals surface area (Å²) in [5, 5.41) is 2.29. The van der Waals surface area contributed by atoms with Crippen molar-refractivity contribution < 1.29 is 4.42 Å². The smallest absolute Gasteiger partial charge is 0.137 e. The topological polar surface area (TPSA) is 26.1 Å². The van der Waals surface area contributed by atoms with Gasteiger partial charge in [-0.25, -0.2) is 0 Å². The van der Waals surface area contributed by atoms with Crippen LogP contribution in [-0.4, -0.2) is 12.1 Å². The summed E-state index contributed by atoms with van der Waals surface area (Å²) in [6.45, 7) is 6.87. The lowest BCUT2D eigenvalue weighted by Gasteiger charge is -2.29. The van der Waals surface area contributed by atoms with Gasteiger partial charge < -0.3 is 24.0 Å². The van der Waals surface area contributed by atoms with Gasteiger partial charge in [0.2, 0.25) is 0 Å². The number of hydrogen-bond donors (Lipinski definition) is 0. The van der Waals surface area contributed by atoms with Crippen molar-refractivity contribution in [3.63, 3.8) is 0 Å². The third-order valence-electron chi connectivity index (χ3n) is 19.4. The molecule has 0 fully saturated rings. The van der Waals surface area contributed by atoms with Crippen molar-refractivity contribution in [1.29, 1.82) is 0 Å². The number of aryl methyl sites for hydroxylation is 1. The molecule has 12 aromatic carbocycles. The fourth-order valence-corrected chi connectivity index (χ4v) is 15.2. The van der Waals surface area contributed by atoms with Crippen LogP contribution in [-0.2, 0) is 31.1 Å². The summed E-state index contributed by atoms with van der Waals surface area (Å²) in [5.74, 6) is 0. The molecule has 1 aromatic heterocycles. The van der Waals surface area contributed by atoms with E-state index in [9.17, 15) is 0 Å². The number of nitrogens with zero attached hydrogens (tertiary/aromatic N) is 4. The average Bonchev–Trinajstić information content (AvgIpc) is 1.81. The van der Waals surface area contributed by atoms with E-state index in [1.54, 1.807) is 0 Å². The molecule has 0 saturated carbocycles. The fraction of sp³-hybridized carbons (Fsp3) is 0.122. The minimum Gasteiger partial charge on any atom is -0.456 e. The molecule has 5 aliphatic rings. The summed E-state index contributed by atoms with van der Waals surface area (Å²) in [5.41, 5.74) is 31.6. The number of benzene rings is 12. The standard InChI is InChI=1S/C43H36N2.C39H28N2O/c1-28-12-14-29(15-13-28)30-16-18-33(19-17-30)44(35-20-22-38-37-9-5-6-10-39(37)43(2,3)40(38)27-35)34-21-23-42-32(25-34)26-36-24-31-8-4-7-11-41(31)45(36)42;1-2-8-26(9-3-1)27-14-16-30(17-15-27)40(32-18-20-35-34-11-5-7-13-38(34)42-39(35)25-32)31-19-21-37-29(23-31)24-33-22-28-10-4-6-12-36(28)41(33)37/h4-23,25,27,36H,24,26H2,1-3H3;1-21,23,25,33H,22,24H2. The summed E-state index contributed by atoms with van der Waals surface area (Å²) < 4.78 is 6.32. The van der Waals surface area contributed by atoms with Gasteiger partial charge in [0.25, 0.3) is 0 Å². The molecule has 418 valence electrons. The highest BCUT2D eigenvalue weighted by molar-refractivity contribution is 6.06. The fourth-order valence-electron chi connectivity index (χ4n) is 15.2. The summed E-state index contributed by atoms with van der Waals surface area (Å²) in [7, 11) is 0. The molecule has 0 radical (unpaired) electrons. The molecule has 18 rings (SSSR count). The maximum Gasteiger partial charge on any atom is 0.137 e. The Morgan fingerprint density at radius 2 is 0.759 bits per heavy atom. The highest BCUT2D eigenvalue weighted by atomic mass is 16.3. The van der Waals surface area contributed by atoms with Crippen LogP contribution in [0.15, 0.2) is 277 Å². The average molecular weight is 1120 g/mol. The van der Waals surface area contributed by atoms with E-state index < -0.39 is 0 Å². The van der Waals surface area contributed by atoms with Crippen molar-refractivity contribution in [3.05, 3.63) is 312 Å². The monoisotopic (exact) mass is 1120 g/mol. The third kappa shape index (κ3) is 8.50. The molecule has 0 bridgehead atoms. The van der Waals surface area contributed by atoms with Gasteiger partial charge in [0.1, 0.15) is 11.2 Å². The number of rotatable bonds is 8. The molecule has 0 saturated heterocycles. The van der Waals surface area contributed by atoms with Crippen molar-refractivity contribution >= 4 is 78.8 Å². The van der Waals surface area contributed by atoms with E-state index in [0.29, 0.717) is 12.1 Å². The molecule has 0 amide bonds. The number of anilines is 10. The second kappa shape index (κ2) is 20.1. The Morgan fingerprint density at radius 1 is 0.333 bits per heavy atom. The Labute approximate surface area is 509 Å². The minimum absolute atomic E-state index is 0.0566. The lowest BCUT2D eigenvalue weighted by molar-refractivity contribution is 0.660. The second-order valence-electron chi connectivity index (χ2n) is 24.9. The van der Waals surface area contributed by atoms with Gasteiger partial charge >= 0.3 is 0 Å². The van der Waals surface area contributed by atoms with Gasteiger partial charge in [0, 0.05) is 91.2 Å². The molecule has 5 nitrogen and oxygen atoms in total. The van der Waals surface area contributed by atoms with Crippen LogP contribution >= 0.6 is 0 Å². The van der Waals surface area contributed by atoms with Crippen LogP contribution in [0.5, 0.6) is 0 Å². The Kier molecular flexibility index (Phi) is 11.8. The van der Waals surface area contributed by atoms with Gasteiger partial charge in [-0.15, -0.1) is 0 Å². The first kappa shape index (κ1) is 51.1. The van der Waals surface area contributed by atoms with E-state index in [1.165, 1.54) is 112 Å². The van der Waals surface area contributed by atoms with Crippen LogP contribution in [0.1, 0.15) is 52.8 Å². The Bertz CT molecular complexity index is 4830. The van der Waals surface area contributed by atoms with Crippen LogP contribution in [0.3, 0.4) is 0 Å². The number of furan rings is 1. The maximum absolute atomic E-state index is 6.32. The second-order valence-corrected chi connectivity index (χ2v) is 24.9. The molecule has 1 aliphatic carbocycles. The molecule has 2 atom stereocenters. The molecule has 5 heterocycles. The third-order valence-corrected chi connectivity index (χ3v) is 19.4. The van der Waals surface area contributed by atoms with Crippen LogP contribution in [0, 0.1) is 6.92 Å². The first-order chi connectivity index (χ1) is 42.8. The quantitative estimate of drug-likeness (QED) is 0.151. The van der Waals surface area contributed by atoms with Crippen molar-refractivity contribution in [3.8, 4) is 33.4 Å². The number of fused-ring (bicyclic) bond motifs is 16. The van der Waals surface area contributed by atoms with Crippen LogP contribution in [0.4, 0.5) is 56.9 Å². The highest BCUT2D eigenvalue weighted by Crippen LogP contribution is 2.53. The first-order valence-electron chi connectivity index (χ1n) is 30.8. The van der Waals surface area contributed by atoms with E-state index in [0.717, 1.165) is 64.7 Å². The van der Waals surface area contributed by atoms with Crippen LogP contribution < -0.4 is 19.6 Å². The van der Waals surface area contributed by atoms with Crippen molar-refractivity contribution in [2.75, 3.05) is 19.6 Å². The van der Waals surface area contributed by atoms with Gasteiger partial charge in [0.15, 0.2) is 0 Å². The number of hydrogen-bond acceptors (Lipinski definition) is 5. The van der Waals surface area contributed by atoms with E-state index in [2.05, 4.69) is 301 Å². The lowest BCUT2D eigenvalue weighted by Crippen LogP contribution is -2.22. The molecule has 0 N–H and O–H groups in total. The van der Waals surface area contributed by atoms with Crippen LogP contribution in [0.2, 0.25) is 0 Å². The van der Waals surface area contributed by atoms with E-state index in [4.69, 9.17) is 4.42 Å². The zero-order valence-corrected chi connectivity index (χ0v) is 49.2. The van der Waals surface area contributed by atoms with Gasteiger partial charge in [-0.2, -0.15) is 0 Å². The SMILES string of the molecule is Cc1ccc(-c2ccc(N(c3ccc4c(c3)CC3Cc5ccccc5N43)c3ccc4c(c3)C(C)(C)c3ccccc3-4)cc2)cc1.c1ccc(-c2ccc(N(c3ccc4c(c3)CC3Cc5ccccc5N43)c3ccc4c(c3)oc3ccccc34)cc2)cc1. The zero-order chi connectivity index (χ0) is 57.9. The summed E-state index contributed by atoms with van der Waals surface area (Å²) in [6.07, 6.45) is 4.35. The van der Waals surface area contributed by atoms with Gasteiger partial charge in [-0.3, -0.25) is 0 Å². The highest BCUT2D eigenvalue weighted by Gasteiger charge is 2.40. The Balaban J connectivity index is 0.000000136. The summed E-state index contributed by atoms with van der Waals surface area (Å²) in [6, 6.07) is 101. The van der Waals surface area contributed by atoms with E-state index >= 15 is 0 Å². The Morgan fingerprint density at radius 3 is 1.38 bits per heavy atom. The van der Waals surface area contributed by atoms with Gasteiger partial charge in [-0.1, -0.05) is 183 Å². The van der Waals surface area contributed by atoms with Crippen molar-refractivity contribution in [2.45, 2.75) is 64.0 Å². The predicted octanol–water partition coefficient (Wildman–Crippen LogP) is 21.4. The lowest BCUT2D eigenvalue weighted by atomic mass is 9.82. The molecule has 87 heavy (non-hydrogen) atoms. The predicted molar refractivity (Wildman–Crippen MR) is 362 cm³/mol. The molecule has 4 aliphatic heterocycles. The molecule has 2 unspecified atom stereocenters. The van der Waals surface area contributed by atoms with E-state index in [-0.39, 0.29) is 5.41 Å².